The van der Waals surface area contributed by atoms with Crippen molar-refractivity contribution in [2.45, 2.75) is 13.0 Å². The molecular weight excluding hydrogens is 290 g/mol. The standard InChI is InChI=1S/C13H11N5O4/c1-7-13(19)17-12-10(22-7)11(14-6-15-12)16-8-2-4-9(5-3-8)18(20)21/h2-7H,1H3,(H2,14,15,16,17,19). The van der Waals surface area contributed by atoms with E-state index in [1.54, 1.807) is 19.1 Å². The summed E-state index contributed by atoms with van der Waals surface area (Å²) >= 11 is 0. The molecule has 0 fully saturated rings. The molecule has 3 rings (SSSR count). The third-order valence-electron chi connectivity index (χ3n) is 3.05. The second kappa shape index (κ2) is 5.28. The lowest BCUT2D eigenvalue weighted by atomic mass is 10.2. The maximum Gasteiger partial charge on any atom is 0.269 e. The highest BCUT2D eigenvalue weighted by atomic mass is 16.6. The Kier molecular flexibility index (Phi) is 3.30. The van der Waals surface area contributed by atoms with Crippen molar-refractivity contribution in [3.05, 3.63) is 40.7 Å². The van der Waals surface area contributed by atoms with E-state index < -0.39 is 11.0 Å². The Balaban J connectivity index is 1.88. The lowest BCUT2D eigenvalue weighted by molar-refractivity contribution is -0.384. The number of ether oxygens (including phenoxy) is 1. The van der Waals surface area contributed by atoms with E-state index in [1.165, 1.54) is 18.5 Å². The minimum Gasteiger partial charge on any atom is -0.473 e. The topological polar surface area (TPSA) is 119 Å². The van der Waals surface area contributed by atoms with E-state index in [2.05, 4.69) is 20.6 Å². The monoisotopic (exact) mass is 301 g/mol. The molecule has 1 amide bonds. The second-order valence-electron chi connectivity index (χ2n) is 4.58. The van der Waals surface area contributed by atoms with Crippen molar-refractivity contribution < 1.29 is 14.5 Å². The molecule has 1 atom stereocenters. The number of non-ortho nitro benzene ring substituents is 1. The number of nitro benzene ring substituents is 1. The molecule has 2 heterocycles. The van der Waals surface area contributed by atoms with Gasteiger partial charge < -0.3 is 15.4 Å². The number of aromatic nitrogens is 2. The fourth-order valence-electron chi connectivity index (χ4n) is 1.92. The van der Waals surface area contributed by atoms with Gasteiger partial charge in [0.2, 0.25) is 5.75 Å². The van der Waals surface area contributed by atoms with Crippen LogP contribution in [0.4, 0.5) is 23.0 Å². The number of hydrogen-bond acceptors (Lipinski definition) is 7. The highest BCUT2D eigenvalue weighted by Gasteiger charge is 2.27. The van der Waals surface area contributed by atoms with E-state index in [0.29, 0.717) is 17.3 Å². The average molecular weight is 301 g/mol. The largest absolute Gasteiger partial charge is 0.473 e. The Morgan fingerprint density at radius 1 is 1.32 bits per heavy atom. The van der Waals surface area contributed by atoms with Crippen molar-refractivity contribution in [1.82, 2.24) is 9.97 Å². The maximum atomic E-state index is 11.5. The summed E-state index contributed by atoms with van der Waals surface area (Å²) < 4.78 is 5.50. The van der Waals surface area contributed by atoms with Crippen LogP contribution in [0.3, 0.4) is 0 Å². The van der Waals surface area contributed by atoms with Crippen LogP contribution in [0.25, 0.3) is 0 Å². The maximum absolute atomic E-state index is 11.5. The molecule has 1 aromatic carbocycles. The summed E-state index contributed by atoms with van der Waals surface area (Å²) in [6.45, 7) is 1.61. The molecule has 1 unspecified atom stereocenters. The van der Waals surface area contributed by atoms with E-state index in [9.17, 15) is 14.9 Å². The van der Waals surface area contributed by atoms with Crippen molar-refractivity contribution >= 4 is 28.9 Å². The summed E-state index contributed by atoms with van der Waals surface area (Å²) in [5, 5.41) is 16.2. The fourth-order valence-corrected chi connectivity index (χ4v) is 1.92. The number of nitrogens with one attached hydrogen (secondary N) is 2. The zero-order valence-corrected chi connectivity index (χ0v) is 11.4. The Labute approximate surface area is 124 Å². The first-order valence-corrected chi connectivity index (χ1v) is 6.38. The Morgan fingerprint density at radius 2 is 2.05 bits per heavy atom. The molecular formula is C13H11N5O4. The van der Waals surface area contributed by atoms with E-state index in [1.807, 2.05) is 0 Å². The number of hydrogen-bond donors (Lipinski definition) is 2. The average Bonchev–Trinajstić information content (AvgIpc) is 2.50. The molecule has 1 aliphatic heterocycles. The second-order valence-corrected chi connectivity index (χ2v) is 4.58. The predicted molar refractivity (Wildman–Crippen MR) is 77.1 cm³/mol. The van der Waals surface area contributed by atoms with Gasteiger partial charge in [0.15, 0.2) is 17.7 Å². The van der Waals surface area contributed by atoms with Crippen molar-refractivity contribution in [1.29, 1.82) is 0 Å². The van der Waals surface area contributed by atoms with E-state index in [-0.39, 0.29) is 17.4 Å². The van der Waals surface area contributed by atoms with Crippen molar-refractivity contribution in [2.24, 2.45) is 0 Å². The summed E-state index contributed by atoms with van der Waals surface area (Å²) in [5.41, 5.74) is 0.590. The molecule has 0 saturated heterocycles. The smallest absolute Gasteiger partial charge is 0.269 e. The van der Waals surface area contributed by atoms with Gasteiger partial charge in [0.1, 0.15) is 6.33 Å². The zero-order valence-electron chi connectivity index (χ0n) is 11.4. The number of carbonyl (C=O) groups excluding carboxylic acids is 1. The van der Waals surface area contributed by atoms with E-state index in [4.69, 9.17) is 4.74 Å². The summed E-state index contributed by atoms with van der Waals surface area (Å²) in [4.78, 5) is 29.7. The van der Waals surface area contributed by atoms with Crippen LogP contribution in [0.2, 0.25) is 0 Å². The first kappa shape index (κ1) is 13.7. The van der Waals surface area contributed by atoms with Crippen LogP contribution < -0.4 is 15.4 Å². The van der Waals surface area contributed by atoms with Gasteiger partial charge in [0.25, 0.3) is 11.6 Å². The Hall–Kier alpha value is -3.23. The molecule has 112 valence electrons. The number of nitro groups is 1. The summed E-state index contributed by atoms with van der Waals surface area (Å²) in [6, 6.07) is 5.86. The van der Waals surface area contributed by atoms with Crippen LogP contribution in [0.5, 0.6) is 5.75 Å². The third-order valence-corrected chi connectivity index (χ3v) is 3.05. The van der Waals surface area contributed by atoms with Gasteiger partial charge in [-0.1, -0.05) is 0 Å². The quantitative estimate of drug-likeness (QED) is 0.655. The lowest BCUT2D eigenvalue weighted by Gasteiger charge is -2.23. The molecule has 0 radical (unpaired) electrons. The molecule has 1 aromatic heterocycles. The normalized spacial score (nSPS) is 16.2. The summed E-state index contributed by atoms with van der Waals surface area (Å²) in [6.07, 6.45) is 0.627. The van der Waals surface area contributed by atoms with Crippen LogP contribution in [-0.2, 0) is 4.79 Å². The van der Waals surface area contributed by atoms with Gasteiger partial charge in [0, 0.05) is 17.8 Å². The van der Waals surface area contributed by atoms with Crippen molar-refractivity contribution in [3.8, 4) is 5.75 Å². The lowest BCUT2D eigenvalue weighted by Crippen LogP contribution is -2.35. The number of benzene rings is 1. The number of carbonyl (C=O) groups is 1. The summed E-state index contributed by atoms with van der Waals surface area (Å²) in [7, 11) is 0. The van der Waals surface area contributed by atoms with Crippen LogP contribution in [-0.4, -0.2) is 26.9 Å². The molecule has 1 aliphatic rings. The minimum absolute atomic E-state index is 0.00704. The number of fused-ring (bicyclic) bond motifs is 1. The van der Waals surface area contributed by atoms with Gasteiger partial charge in [-0.15, -0.1) is 0 Å². The first-order valence-electron chi connectivity index (χ1n) is 6.38. The fraction of sp³-hybridized carbons (Fsp3) is 0.154. The highest BCUT2D eigenvalue weighted by Crippen LogP contribution is 2.35. The van der Waals surface area contributed by atoms with Crippen LogP contribution in [0.15, 0.2) is 30.6 Å². The van der Waals surface area contributed by atoms with Gasteiger partial charge in [-0.25, -0.2) is 9.97 Å². The number of nitrogens with zero attached hydrogens (tertiary/aromatic N) is 3. The van der Waals surface area contributed by atoms with Gasteiger partial charge in [-0.3, -0.25) is 14.9 Å². The van der Waals surface area contributed by atoms with Crippen molar-refractivity contribution in [3.63, 3.8) is 0 Å². The van der Waals surface area contributed by atoms with Crippen LogP contribution in [0, 0.1) is 10.1 Å². The van der Waals surface area contributed by atoms with Crippen molar-refractivity contribution in [2.75, 3.05) is 10.6 Å². The molecule has 0 bridgehead atoms. The Morgan fingerprint density at radius 3 is 2.73 bits per heavy atom. The minimum atomic E-state index is -0.657. The Bertz CT molecular complexity index is 747. The number of amides is 1. The SMILES string of the molecule is CC1Oc2c(ncnc2Nc2ccc([N+](=O)[O-])cc2)NC1=O. The van der Waals surface area contributed by atoms with Gasteiger partial charge in [-0.2, -0.15) is 0 Å². The first-order chi connectivity index (χ1) is 10.5. The molecule has 22 heavy (non-hydrogen) atoms. The highest BCUT2D eigenvalue weighted by molar-refractivity contribution is 5.97. The summed E-state index contributed by atoms with van der Waals surface area (Å²) in [5.74, 6) is 0.689. The van der Waals surface area contributed by atoms with Crippen LogP contribution >= 0.6 is 0 Å². The van der Waals surface area contributed by atoms with E-state index in [0.717, 1.165) is 0 Å². The predicted octanol–water partition coefficient (Wildman–Crippen LogP) is 1.85. The van der Waals surface area contributed by atoms with Gasteiger partial charge >= 0.3 is 0 Å². The molecule has 2 N–H and O–H groups in total. The van der Waals surface area contributed by atoms with E-state index >= 15 is 0 Å². The zero-order chi connectivity index (χ0) is 15.7. The molecule has 0 aliphatic carbocycles. The molecule has 2 aromatic rings. The molecule has 9 nitrogen and oxygen atoms in total. The number of rotatable bonds is 3. The van der Waals surface area contributed by atoms with Gasteiger partial charge in [0.05, 0.1) is 4.92 Å². The third kappa shape index (κ3) is 2.51. The van der Waals surface area contributed by atoms with Crippen LogP contribution in [0.1, 0.15) is 6.92 Å². The molecule has 0 saturated carbocycles. The number of anilines is 3. The molecule has 0 spiro atoms. The van der Waals surface area contributed by atoms with Gasteiger partial charge in [-0.05, 0) is 19.1 Å². The molecule has 9 heteroatoms.